The molecule has 1 saturated heterocycles. The zero-order valence-electron chi connectivity index (χ0n) is 45.8. The summed E-state index contributed by atoms with van der Waals surface area (Å²) in [6, 6.07) is 65.5. The zero-order chi connectivity index (χ0) is 57.1. The van der Waals surface area contributed by atoms with Crippen molar-refractivity contribution in [2.45, 2.75) is 62.5 Å². The van der Waals surface area contributed by atoms with Crippen molar-refractivity contribution in [2.24, 2.45) is 5.41 Å². The molecule has 17 heteroatoms. The second-order valence-corrected chi connectivity index (χ2v) is 23.3. The molecule has 1 aliphatic rings. The molecule has 1 aromatic heterocycles. The number of aromatic nitrogens is 2. The zero-order valence-corrected chi connectivity index (χ0v) is 47.5. The Balaban J connectivity index is 0.894. The smallest absolute Gasteiger partial charge is 0.405 e. The number of aliphatic hydroxyl groups excluding tert-OH is 1. The van der Waals surface area contributed by atoms with Gasteiger partial charge in [0.2, 0.25) is 0 Å². The third-order valence-corrected chi connectivity index (χ3v) is 17.2. The molecule has 0 spiro atoms. The average Bonchev–Trinajstić information content (AvgIpc) is 3.84. The first-order valence-corrected chi connectivity index (χ1v) is 29.1. The van der Waals surface area contributed by atoms with E-state index in [9.17, 15) is 24.4 Å². The van der Waals surface area contributed by atoms with E-state index in [1.165, 1.54) is 13.1 Å². The highest BCUT2D eigenvalue weighted by Gasteiger charge is 2.54. The highest BCUT2D eigenvalue weighted by molar-refractivity contribution is 8.13. The number of ether oxygens (including phenoxy) is 4. The van der Waals surface area contributed by atoms with Crippen molar-refractivity contribution in [1.29, 1.82) is 0 Å². The molecule has 0 radical (unpaired) electrons. The second kappa shape index (κ2) is 25.7. The van der Waals surface area contributed by atoms with E-state index in [0.717, 1.165) is 55.3 Å². The van der Waals surface area contributed by atoms with Crippen molar-refractivity contribution in [2.75, 3.05) is 45.1 Å². The van der Waals surface area contributed by atoms with Crippen LogP contribution < -0.4 is 25.6 Å². The maximum absolute atomic E-state index is 14.6. The summed E-state index contributed by atoms with van der Waals surface area (Å²) in [5, 5.41) is 29.8. The maximum atomic E-state index is 14.6. The average molecular weight is 1130 g/mol. The van der Waals surface area contributed by atoms with Crippen LogP contribution >= 0.6 is 19.5 Å². The van der Waals surface area contributed by atoms with Gasteiger partial charge in [-0.3, -0.25) is 18.4 Å². The quantitative estimate of drug-likeness (QED) is 0.0240. The fraction of sp³-hybridized carbons (Fsp3) is 0.266. The normalized spacial score (nSPS) is 18.2. The monoisotopic (exact) mass is 1130 g/mol. The van der Waals surface area contributed by atoms with Gasteiger partial charge in [-0.1, -0.05) is 188 Å². The summed E-state index contributed by atoms with van der Waals surface area (Å²) >= 11 is 1.02. The standard InChI is InChI=1S/C64H67N4O11PS/c1-61(2,45-76-64(50-25-15-8-16-26-50,51-27-17-9-18-28-51)52-29-19-10-20-30-52)59(70)81-42-41-77-80(73,65-43-46-21-11-6-12-22-46)78-44-55-57(69)62(3,72)58(79-55)68-40-39-56(66-60(68)71)67-63(47-23-13-7-14-24-47,48-31-35-53(74-4)36-32-48)49-33-37-54(75-5)38-34-49/h6-40,55,57-58,69,72H,41-45H2,1-5H3,(H,65,73)(H,66,67,71)/t55-,57+,58-,62?,80?/m1/s1. The topological polar surface area (TPSA) is 189 Å². The van der Waals surface area contributed by atoms with Gasteiger partial charge < -0.3 is 34.5 Å². The van der Waals surface area contributed by atoms with E-state index in [2.05, 4.69) is 15.4 Å². The van der Waals surface area contributed by atoms with Gasteiger partial charge in [-0.25, -0.2) is 14.4 Å². The summed E-state index contributed by atoms with van der Waals surface area (Å²) in [4.78, 5) is 32.8. The predicted molar refractivity (Wildman–Crippen MR) is 314 cm³/mol. The number of carbonyl (C=O) groups is 1. The number of nitrogens with one attached hydrogen (secondary N) is 2. The van der Waals surface area contributed by atoms with Crippen LogP contribution in [0.15, 0.2) is 217 Å². The number of anilines is 1. The largest absolute Gasteiger partial charge is 0.497 e. The highest BCUT2D eigenvalue weighted by Crippen LogP contribution is 2.48. The maximum Gasteiger partial charge on any atom is 0.405 e. The summed E-state index contributed by atoms with van der Waals surface area (Å²) < 4.78 is 52.0. The van der Waals surface area contributed by atoms with Crippen LogP contribution in [0.1, 0.15) is 65.9 Å². The van der Waals surface area contributed by atoms with Crippen molar-refractivity contribution in [3.05, 3.63) is 262 Å². The number of benzene rings is 7. The number of rotatable bonds is 25. The van der Waals surface area contributed by atoms with Crippen molar-refractivity contribution in [3.63, 3.8) is 0 Å². The fourth-order valence-electron chi connectivity index (χ4n) is 10.0. The predicted octanol–water partition coefficient (Wildman–Crippen LogP) is 10.9. The van der Waals surface area contributed by atoms with Crippen LogP contribution in [0.25, 0.3) is 0 Å². The van der Waals surface area contributed by atoms with Gasteiger partial charge in [0.15, 0.2) is 11.3 Å². The molecule has 9 rings (SSSR count). The van der Waals surface area contributed by atoms with E-state index in [4.69, 9.17) is 28.0 Å². The Morgan fingerprint density at radius 1 is 0.691 bits per heavy atom. The van der Waals surface area contributed by atoms with Gasteiger partial charge in [-0.05, 0) is 90.0 Å². The van der Waals surface area contributed by atoms with E-state index >= 15 is 0 Å². The summed E-state index contributed by atoms with van der Waals surface area (Å²) in [7, 11) is -1.04. The van der Waals surface area contributed by atoms with Crippen LogP contribution in [-0.2, 0) is 45.6 Å². The Bertz CT molecular complexity index is 3270. The minimum Gasteiger partial charge on any atom is -0.497 e. The van der Waals surface area contributed by atoms with Crippen LogP contribution in [0, 0.1) is 5.41 Å². The van der Waals surface area contributed by atoms with Gasteiger partial charge in [0, 0.05) is 18.5 Å². The lowest BCUT2D eigenvalue weighted by Crippen LogP contribution is -2.46. The minimum absolute atomic E-state index is 0.0560. The number of hydrogen-bond acceptors (Lipinski definition) is 14. The van der Waals surface area contributed by atoms with Gasteiger partial charge in [-0.15, -0.1) is 0 Å². The molecule has 7 aromatic carbocycles. The SMILES string of the molecule is COc1ccc(C(Nc2ccn([C@@H]3O[C@H](COP(=O)(NCc4ccccc4)OCCSC(=O)C(C)(C)COC(c4ccccc4)(c4ccccc4)c4ccccc4)[C@H](O)C3(C)O)c(=O)n2)(c2ccccc2)c2ccc(OC)cc2)cc1. The number of methoxy groups -OCH3 is 2. The summed E-state index contributed by atoms with van der Waals surface area (Å²) in [5.74, 6) is 1.62. The molecule has 15 nitrogen and oxygen atoms in total. The molecule has 4 N–H and O–H groups in total. The Kier molecular flexibility index (Phi) is 18.6. The molecule has 2 heterocycles. The van der Waals surface area contributed by atoms with E-state index < -0.39 is 60.6 Å². The van der Waals surface area contributed by atoms with Crippen LogP contribution in [0.5, 0.6) is 11.5 Å². The van der Waals surface area contributed by atoms with Crippen molar-refractivity contribution in [1.82, 2.24) is 14.6 Å². The molecular weight excluding hydrogens is 1060 g/mol. The molecule has 0 aliphatic carbocycles. The third kappa shape index (κ3) is 13.0. The number of nitrogens with zero attached hydrogens (tertiary/aromatic N) is 2. The number of aliphatic hydroxyl groups is 2. The molecule has 420 valence electrons. The molecule has 8 aromatic rings. The van der Waals surface area contributed by atoms with E-state index in [0.29, 0.717) is 11.5 Å². The Morgan fingerprint density at radius 3 is 1.64 bits per heavy atom. The molecule has 2 unspecified atom stereocenters. The third-order valence-electron chi connectivity index (χ3n) is 14.5. The summed E-state index contributed by atoms with van der Waals surface area (Å²) in [6.45, 7) is 4.44. The number of carbonyl (C=O) groups excluding carboxylic acids is 1. The molecule has 0 amide bonds. The van der Waals surface area contributed by atoms with Gasteiger partial charge in [0.25, 0.3) is 0 Å². The van der Waals surface area contributed by atoms with Gasteiger partial charge in [0.1, 0.15) is 46.3 Å². The molecule has 0 bridgehead atoms. The molecule has 81 heavy (non-hydrogen) atoms. The van der Waals surface area contributed by atoms with Gasteiger partial charge >= 0.3 is 13.4 Å². The number of hydrogen-bond donors (Lipinski definition) is 4. The van der Waals surface area contributed by atoms with E-state index in [1.807, 2.05) is 214 Å². The second-order valence-electron chi connectivity index (χ2n) is 20.4. The Labute approximate surface area is 476 Å². The minimum atomic E-state index is -4.23. The van der Waals surface area contributed by atoms with Crippen LogP contribution in [-0.4, -0.2) is 82.5 Å². The molecule has 5 atom stereocenters. The highest BCUT2D eigenvalue weighted by atomic mass is 32.2. The number of thioether (sulfide) groups is 1. The molecule has 1 fully saturated rings. The summed E-state index contributed by atoms with van der Waals surface area (Å²) in [5.41, 5.74) is -0.0137. The van der Waals surface area contributed by atoms with Crippen molar-refractivity contribution >= 4 is 30.4 Å². The molecule has 1 aliphatic heterocycles. The van der Waals surface area contributed by atoms with Crippen LogP contribution in [0.2, 0.25) is 0 Å². The Hall–Kier alpha value is -7.21. The van der Waals surface area contributed by atoms with Crippen LogP contribution in [0.4, 0.5) is 5.82 Å². The van der Waals surface area contributed by atoms with E-state index in [-0.39, 0.29) is 36.4 Å². The first-order chi connectivity index (χ1) is 39.1. The van der Waals surface area contributed by atoms with Crippen molar-refractivity contribution < 1.29 is 47.6 Å². The Morgan fingerprint density at radius 2 is 1.16 bits per heavy atom. The van der Waals surface area contributed by atoms with Crippen LogP contribution in [0.3, 0.4) is 0 Å². The summed E-state index contributed by atoms with van der Waals surface area (Å²) in [6.07, 6.45) is -2.96. The van der Waals surface area contributed by atoms with Gasteiger partial charge in [0.05, 0.1) is 39.5 Å². The first-order valence-electron chi connectivity index (χ1n) is 26.6. The van der Waals surface area contributed by atoms with Crippen molar-refractivity contribution in [3.8, 4) is 11.5 Å². The fourth-order valence-corrected chi connectivity index (χ4v) is 12.2. The van der Waals surface area contributed by atoms with E-state index in [1.54, 1.807) is 20.3 Å². The molecule has 0 saturated carbocycles. The lowest BCUT2D eigenvalue weighted by molar-refractivity contribution is -0.124. The lowest BCUT2D eigenvalue weighted by Gasteiger charge is -2.38. The molecular formula is C64H67N4O11PS. The lowest BCUT2D eigenvalue weighted by atomic mass is 9.77. The first kappa shape index (κ1) is 58.4. The van der Waals surface area contributed by atoms with Gasteiger partial charge in [-0.2, -0.15) is 4.98 Å².